The summed E-state index contributed by atoms with van der Waals surface area (Å²) in [6.45, 7) is 1.85. The minimum Gasteiger partial charge on any atom is -0.497 e. The van der Waals surface area contributed by atoms with E-state index in [0.717, 1.165) is 36.4 Å². The highest BCUT2D eigenvalue weighted by Gasteiger charge is 2.24. The summed E-state index contributed by atoms with van der Waals surface area (Å²) < 4.78 is 13.6. The van der Waals surface area contributed by atoms with Gasteiger partial charge in [-0.2, -0.15) is 4.98 Å². The lowest BCUT2D eigenvalue weighted by atomic mass is 10.0. The molecule has 0 radical (unpaired) electrons. The predicted octanol–water partition coefficient (Wildman–Crippen LogP) is 3.96. The molecule has 3 heterocycles. The molecule has 5 rings (SSSR count). The molecule has 0 atom stereocenters. The Kier molecular flexibility index (Phi) is 3.75. The van der Waals surface area contributed by atoms with Crippen molar-refractivity contribution in [1.29, 1.82) is 0 Å². The highest BCUT2D eigenvalue weighted by molar-refractivity contribution is 5.87. The number of nitrogens with zero attached hydrogens (tertiary/aromatic N) is 4. The quantitative estimate of drug-likeness (QED) is 0.542. The fraction of sp³-hybridized carbons (Fsp3) is 0.318. The van der Waals surface area contributed by atoms with Crippen LogP contribution in [0.5, 0.6) is 5.75 Å². The van der Waals surface area contributed by atoms with Gasteiger partial charge in [0.1, 0.15) is 11.3 Å². The second-order valence-corrected chi connectivity index (χ2v) is 7.58. The lowest BCUT2D eigenvalue weighted by Crippen LogP contribution is -2.31. The summed E-state index contributed by atoms with van der Waals surface area (Å²) in [5.74, 6) is 0.913. The van der Waals surface area contributed by atoms with Gasteiger partial charge in [-0.15, -0.1) is 0 Å². The van der Waals surface area contributed by atoms with Crippen molar-refractivity contribution in [2.75, 3.05) is 37.5 Å². The van der Waals surface area contributed by atoms with Crippen LogP contribution in [0.3, 0.4) is 0 Å². The molecule has 1 aliphatic heterocycles. The first-order chi connectivity index (χ1) is 13.5. The molecule has 6 nitrogen and oxygen atoms in total. The Morgan fingerprint density at radius 2 is 2.00 bits per heavy atom. The van der Waals surface area contributed by atoms with Crippen molar-refractivity contribution < 1.29 is 9.15 Å². The summed E-state index contributed by atoms with van der Waals surface area (Å²) in [6.07, 6.45) is 1.01. The van der Waals surface area contributed by atoms with Crippen LogP contribution in [-0.2, 0) is 20.0 Å². The smallest absolute Gasteiger partial charge is 0.297 e. The van der Waals surface area contributed by atoms with Gasteiger partial charge in [0, 0.05) is 56.0 Å². The fourth-order valence-corrected chi connectivity index (χ4v) is 4.18. The van der Waals surface area contributed by atoms with Gasteiger partial charge in [0.25, 0.3) is 6.01 Å². The van der Waals surface area contributed by atoms with E-state index in [1.54, 1.807) is 7.11 Å². The number of ether oxygens (including phenoxy) is 1. The van der Waals surface area contributed by atoms with E-state index >= 15 is 0 Å². The van der Waals surface area contributed by atoms with Crippen molar-refractivity contribution in [1.82, 2.24) is 9.55 Å². The van der Waals surface area contributed by atoms with Crippen molar-refractivity contribution in [2.24, 2.45) is 7.05 Å². The average molecular weight is 376 g/mol. The third kappa shape index (κ3) is 2.52. The van der Waals surface area contributed by atoms with Gasteiger partial charge in [0.05, 0.1) is 13.7 Å². The molecule has 0 bridgehead atoms. The van der Waals surface area contributed by atoms with E-state index < -0.39 is 0 Å². The van der Waals surface area contributed by atoms with Crippen LogP contribution < -0.4 is 14.5 Å². The molecule has 0 aliphatic carbocycles. The molecule has 0 saturated carbocycles. The van der Waals surface area contributed by atoms with E-state index in [-0.39, 0.29) is 0 Å². The molecule has 28 heavy (non-hydrogen) atoms. The number of aryl methyl sites for hydroxylation is 1. The van der Waals surface area contributed by atoms with E-state index in [9.17, 15) is 0 Å². The number of aromatic nitrogens is 2. The van der Waals surface area contributed by atoms with Gasteiger partial charge >= 0.3 is 0 Å². The Balaban J connectivity index is 1.52. The summed E-state index contributed by atoms with van der Waals surface area (Å²) in [6, 6.07) is 13.3. The third-order valence-corrected chi connectivity index (χ3v) is 5.72. The molecule has 4 aromatic rings. The minimum atomic E-state index is 0.635. The van der Waals surface area contributed by atoms with Crippen molar-refractivity contribution in [3.8, 4) is 5.75 Å². The second-order valence-electron chi connectivity index (χ2n) is 7.58. The van der Waals surface area contributed by atoms with Crippen molar-refractivity contribution in [2.45, 2.75) is 13.0 Å². The molecule has 0 saturated heterocycles. The van der Waals surface area contributed by atoms with Crippen LogP contribution in [0.1, 0.15) is 11.3 Å². The van der Waals surface area contributed by atoms with Gasteiger partial charge in [-0.1, -0.05) is 0 Å². The van der Waals surface area contributed by atoms with Gasteiger partial charge in [0.2, 0.25) is 0 Å². The molecule has 0 spiro atoms. The normalized spacial score (nSPS) is 13.9. The number of benzene rings is 2. The Morgan fingerprint density at radius 3 is 2.79 bits per heavy atom. The van der Waals surface area contributed by atoms with Gasteiger partial charge in [-0.3, -0.25) is 0 Å². The molecule has 2 aromatic heterocycles. The number of fused-ring (bicyclic) bond motifs is 4. The van der Waals surface area contributed by atoms with Crippen molar-refractivity contribution >= 4 is 33.7 Å². The van der Waals surface area contributed by atoms with Crippen LogP contribution in [0.15, 0.2) is 40.8 Å². The van der Waals surface area contributed by atoms with Crippen LogP contribution in [0.25, 0.3) is 22.0 Å². The van der Waals surface area contributed by atoms with E-state index in [0.29, 0.717) is 6.01 Å². The zero-order valence-electron chi connectivity index (χ0n) is 16.7. The third-order valence-electron chi connectivity index (χ3n) is 5.72. The van der Waals surface area contributed by atoms with E-state index in [1.165, 1.54) is 27.8 Å². The van der Waals surface area contributed by atoms with Gasteiger partial charge in [-0.25, -0.2) is 0 Å². The summed E-state index contributed by atoms with van der Waals surface area (Å²) in [5, 5.41) is 1.30. The van der Waals surface area contributed by atoms with Crippen molar-refractivity contribution in [3.05, 3.63) is 47.7 Å². The largest absolute Gasteiger partial charge is 0.497 e. The van der Waals surface area contributed by atoms with E-state index in [4.69, 9.17) is 9.15 Å². The molecule has 0 unspecified atom stereocenters. The first-order valence-corrected chi connectivity index (χ1v) is 9.52. The molecule has 0 fully saturated rings. The zero-order valence-corrected chi connectivity index (χ0v) is 16.7. The summed E-state index contributed by atoms with van der Waals surface area (Å²) in [5.41, 5.74) is 6.94. The highest BCUT2D eigenvalue weighted by atomic mass is 16.5. The summed E-state index contributed by atoms with van der Waals surface area (Å²) >= 11 is 0. The SMILES string of the molecule is COc1ccc2c(c1)c1c(n2C)CN(c2ccc3nc(N(C)C)oc3c2)CC1. The molecule has 0 amide bonds. The number of hydrogen-bond acceptors (Lipinski definition) is 5. The standard InChI is InChI=1S/C22H24N4O2/c1-24(2)22-23-18-7-5-14(11-21(18)28-22)26-10-9-16-17-12-15(27-4)6-8-19(17)25(3)20(16)13-26/h5-8,11-12H,9-10,13H2,1-4H3. The topological polar surface area (TPSA) is 46.7 Å². The molecular weight excluding hydrogens is 352 g/mol. The molecule has 6 heteroatoms. The number of methoxy groups -OCH3 is 1. The maximum absolute atomic E-state index is 5.90. The Bertz CT molecular complexity index is 1190. The van der Waals surface area contributed by atoms with E-state index in [1.807, 2.05) is 31.1 Å². The first-order valence-electron chi connectivity index (χ1n) is 9.52. The fourth-order valence-electron chi connectivity index (χ4n) is 4.18. The number of anilines is 2. The van der Waals surface area contributed by atoms with Crippen LogP contribution in [0, 0.1) is 0 Å². The van der Waals surface area contributed by atoms with E-state index in [2.05, 4.69) is 45.8 Å². The molecule has 0 N–H and O–H groups in total. The van der Waals surface area contributed by atoms with Gasteiger partial charge in [0.15, 0.2) is 5.58 Å². The maximum atomic E-state index is 5.90. The predicted molar refractivity (Wildman–Crippen MR) is 113 cm³/mol. The number of rotatable bonds is 3. The highest BCUT2D eigenvalue weighted by Crippen LogP contribution is 2.35. The zero-order chi connectivity index (χ0) is 19.4. The Hall–Kier alpha value is -3.15. The molecular formula is C22H24N4O2. The van der Waals surface area contributed by atoms with Crippen LogP contribution in [0.4, 0.5) is 11.7 Å². The van der Waals surface area contributed by atoms with Crippen LogP contribution >= 0.6 is 0 Å². The Morgan fingerprint density at radius 1 is 1.14 bits per heavy atom. The first kappa shape index (κ1) is 17.0. The second kappa shape index (κ2) is 6.19. The van der Waals surface area contributed by atoms with Crippen LogP contribution in [0.2, 0.25) is 0 Å². The molecule has 1 aliphatic rings. The summed E-state index contributed by atoms with van der Waals surface area (Å²) in [7, 11) is 7.75. The minimum absolute atomic E-state index is 0.635. The number of hydrogen-bond donors (Lipinski definition) is 0. The average Bonchev–Trinajstić information content (AvgIpc) is 3.27. The lowest BCUT2D eigenvalue weighted by molar-refractivity contribution is 0.415. The molecule has 2 aromatic carbocycles. The Labute approximate surface area is 163 Å². The van der Waals surface area contributed by atoms with Crippen LogP contribution in [-0.4, -0.2) is 37.3 Å². The number of oxazole rings is 1. The van der Waals surface area contributed by atoms with Crippen molar-refractivity contribution in [3.63, 3.8) is 0 Å². The monoisotopic (exact) mass is 376 g/mol. The lowest BCUT2D eigenvalue weighted by Gasteiger charge is -2.30. The van der Waals surface area contributed by atoms with Gasteiger partial charge in [-0.05, 0) is 42.3 Å². The maximum Gasteiger partial charge on any atom is 0.297 e. The molecule has 144 valence electrons. The summed E-state index contributed by atoms with van der Waals surface area (Å²) in [4.78, 5) is 8.82. The van der Waals surface area contributed by atoms with Gasteiger partial charge < -0.3 is 23.5 Å².